The first-order valence-electron chi connectivity index (χ1n) is 12.4. The van der Waals surface area contributed by atoms with Crippen LogP contribution in [0.25, 0.3) is 10.9 Å². The van der Waals surface area contributed by atoms with Crippen molar-refractivity contribution in [1.82, 2.24) is 9.66 Å². The van der Waals surface area contributed by atoms with Crippen LogP contribution >= 0.6 is 15.9 Å². The molecule has 4 rings (SSSR count). The Hall–Kier alpha value is -4.58. The summed E-state index contributed by atoms with van der Waals surface area (Å²) in [5, 5.41) is 19.3. The quantitative estimate of drug-likeness (QED) is 0.138. The Bertz CT molecular complexity index is 1640. The highest BCUT2D eigenvalue weighted by Gasteiger charge is 2.23. The number of ether oxygens (including phenoxy) is 2. The zero-order valence-corrected chi connectivity index (χ0v) is 23.4. The summed E-state index contributed by atoms with van der Waals surface area (Å²) in [6.45, 7) is 1.55. The Balaban J connectivity index is 1.67. The minimum absolute atomic E-state index is 0.0299. The maximum Gasteiger partial charge on any atom is 0.315 e. The minimum Gasteiger partial charge on any atom is -0.493 e. The summed E-state index contributed by atoms with van der Waals surface area (Å²) in [7, 11) is 1.33. The average molecular weight is 608 g/mol. The summed E-state index contributed by atoms with van der Waals surface area (Å²) in [5.41, 5.74) is 0.619. The summed E-state index contributed by atoms with van der Waals surface area (Å²) in [5.74, 6) is -0.195. The number of hydrogen-bond donors (Lipinski definition) is 1. The van der Waals surface area contributed by atoms with E-state index in [1.54, 1.807) is 36.4 Å². The van der Waals surface area contributed by atoms with E-state index in [0.717, 1.165) is 17.3 Å². The number of nitro benzene ring substituents is 1. The van der Waals surface area contributed by atoms with Crippen LogP contribution in [0.3, 0.4) is 0 Å². The van der Waals surface area contributed by atoms with Crippen molar-refractivity contribution in [1.29, 1.82) is 0 Å². The molecule has 0 unspecified atom stereocenters. The van der Waals surface area contributed by atoms with Crippen LogP contribution in [0.5, 0.6) is 11.5 Å². The Morgan fingerprint density at radius 3 is 2.67 bits per heavy atom. The zero-order chi connectivity index (χ0) is 28.6. The van der Waals surface area contributed by atoms with Crippen LogP contribution in [-0.2, 0) is 11.2 Å². The van der Waals surface area contributed by atoms with Crippen LogP contribution in [0.2, 0.25) is 0 Å². The molecule has 0 fully saturated rings. The number of aryl methyl sites for hydroxylation is 1. The van der Waals surface area contributed by atoms with Crippen molar-refractivity contribution in [3.63, 3.8) is 0 Å². The second kappa shape index (κ2) is 13.0. The first kappa shape index (κ1) is 28.4. The standard InChI is InChI=1S/C28H26BrN5O6/c1-3-4-10-25-32-22-12-11-19(29)15-21(22)28(36)33(25)30-16-18-13-23(34(37)38)27(24(14-18)39-2)40-17-26(35)31-20-8-6-5-7-9-20/h5-9,11-16H,3-4,10,17H2,1-2H3,(H,31,35). The lowest BCUT2D eigenvalue weighted by Crippen LogP contribution is -2.22. The molecule has 0 saturated heterocycles. The van der Waals surface area contributed by atoms with Gasteiger partial charge in [-0.1, -0.05) is 47.5 Å². The van der Waals surface area contributed by atoms with Gasteiger partial charge in [-0.15, -0.1) is 0 Å². The highest BCUT2D eigenvalue weighted by atomic mass is 79.9. The second-order valence-corrected chi connectivity index (χ2v) is 9.60. The topological polar surface area (TPSA) is 138 Å². The molecule has 0 spiro atoms. The second-order valence-electron chi connectivity index (χ2n) is 8.69. The number of carbonyl (C=O) groups is 1. The predicted octanol–water partition coefficient (Wildman–Crippen LogP) is 5.32. The lowest BCUT2D eigenvalue weighted by atomic mass is 10.2. The lowest BCUT2D eigenvalue weighted by molar-refractivity contribution is -0.385. The third kappa shape index (κ3) is 6.70. The number of fused-ring (bicyclic) bond motifs is 1. The molecule has 0 aliphatic rings. The Morgan fingerprint density at radius 1 is 1.20 bits per heavy atom. The van der Waals surface area contributed by atoms with Crippen LogP contribution in [0.4, 0.5) is 11.4 Å². The van der Waals surface area contributed by atoms with Gasteiger partial charge in [0, 0.05) is 28.2 Å². The Kier molecular flexibility index (Phi) is 9.23. The number of nitrogens with one attached hydrogen (secondary N) is 1. The van der Waals surface area contributed by atoms with Crippen LogP contribution in [-0.4, -0.2) is 40.4 Å². The number of hydrogen-bond acceptors (Lipinski definition) is 8. The Morgan fingerprint density at radius 2 is 1.98 bits per heavy atom. The fraction of sp³-hybridized carbons (Fsp3) is 0.214. The highest BCUT2D eigenvalue weighted by molar-refractivity contribution is 9.10. The maximum atomic E-state index is 13.3. The SMILES string of the molecule is CCCCc1nc2ccc(Br)cc2c(=O)n1N=Cc1cc(OC)c(OCC(=O)Nc2ccccc2)c([N+](=O)[O-])c1. The number of methoxy groups -OCH3 is 1. The molecule has 206 valence electrons. The molecule has 1 amide bonds. The number of benzene rings is 3. The summed E-state index contributed by atoms with van der Waals surface area (Å²) in [6.07, 6.45) is 3.54. The number of para-hydroxylation sites is 1. The molecular formula is C28H26BrN5O6. The molecule has 11 nitrogen and oxygen atoms in total. The van der Waals surface area contributed by atoms with Gasteiger partial charge in [-0.05, 0) is 42.8 Å². The van der Waals surface area contributed by atoms with Crippen molar-refractivity contribution in [2.75, 3.05) is 19.0 Å². The van der Waals surface area contributed by atoms with Crippen molar-refractivity contribution in [3.05, 3.63) is 97.0 Å². The van der Waals surface area contributed by atoms with E-state index in [0.29, 0.717) is 28.8 Å². The third-order valence-electron chi connectivity index (χ3n) is 5.83. The number of nitrogens with zero attached hydrogens (tertiary/aromatic N) is 4. The van der Waals surface area contributed by atoms with Gasteiger partial charge in [-0.3, -0.25) is 19.7 Å². The van der Waals surface area contributed by atoms with Crippen molar-refractivity contribution in [3.8, 4) is 11.5 Å². The van der Waals surface area contributed by atoms with E-state index in [4.69, 9.17) is 9.47 Å². The average Bonchev–Trinajstić information content (AvgIpc) is 2.95. The van der Waals surface area contributed by atoms with Crippen LogP contribution < -0.4 is 20.3 Å². The molecule has 3 aromatic carbocycles. The van der Waals surface area contributed by atoms with E-state index >= 15 is 0 Å². The van der Waals surface area contributed by atoms with Crippen LogP contribution in [0, 0.1) is 10.1 Å². The third-order valence-corrected chi connectivity index (χ3v) is 6.32. The van der Waals surface area contributed by atoms with Crippen molar-refractivity contribution in [2.45, 2.75) is 26.2 Å². The van der Waals surface area contributed by atoms with Gasteiger partial charge in [0.1, 0.15) is 5.82 Å². The molecule has 0 aliphatic carbocycles. The van der Waals surface area contributed by atoms with E-state index in [1.165, 1.54) is 30.1 Å². The van der Waals surface area contributed by atoms with Crippen LogP contribution in [0.15, 0.2) is 75.0 Å². The normalized spacial score (nSPS) is 11.1. The van der Waals surface area contributed by atoms with Crippen molar-refractivity contribution >= 4 is 50.3 Å². The summed E-state index contributed by atoms with van der Waals surface area (Å²) < 4.78 is 12.8. The molecular weight excluding hydrogens is 582 g/mol. The predicted molar refractivity (Wildman–Crippen MR) is 156 cm³/mol. The van der Waals surface area contributed by atoms with Gasteiger partial charge in [0.05, 0.1) is 29.2 Å². The number of amides is 1. The Labute approximate surface area is 237 Å². The van der Waals surface area contributed by atoms with Gasteiger partial charge in [0.25, 0.3) is 11.5 Å². The molecule has 0 atom stereocenters. The van der Waals surface area contributed by atoms with Gasteiger partial charge in [0.15, 0.2) is 12.4 Å². The zero-order valence-electron chi connectivity index (χ0n) is 21.8. The van der Waals surface area contributed by atoms with E-state index in [2.05, 4.69) is 31.3 Å². The van der Waals surface area contributed by atoms with E-state index < -0.39 is 23.1 Å². The molecule has 1 heterocycles. The first-order chi connectivity index (χ1) is 19.3. The molecule has 40 heavy (non-hydrogen) atoms. The number of carbonyl (C=O) groups excluding carboxylic acids is 1. The lowest BCUT2D eigenvalue weighted by Gasteiger charge is -2.12. The van der Waals surface area contributed by atoms with E-state index in [-0.39, 0.29) is 22.6 Å². The number of aromatic nitrogens is 2. The minimum atomic E-state index is -0.641. The van der Waals surface area contributed by atoms with Crippen LogP contribution in [0.1, 0.15) is 31.2 Å². The first-order valence-corrected chi connectivity index (χ1v) is 13.2. The van der Waals surface area contributed by atoms with Gasteiger partial charge in [0.2, 0.25) is 5.75 Å². The summed E-state index contributed by atoms with van der Waals surface area (Å²) in [6, 6.07) is 16.7. The molecule has 4 aromatic rings. The molecule has 1 N–H and O–H groups in total. The molecule has 0 aliphatic heterocycles. The van der Waals surface area contributed by atoms with Gasteiger partial charge in [-0.25, -0.2) is 4.98 Å². The van der Waals surface area contributed by atoms with Gasteiger partial charge < -0.3 is 14.8 Å². The van der Waals surface area contributed by atoms with E-state index in [1.807, 2.05) is 19.1 Å². The van der Waals surface area contributed by atoms with E-state index in [9.17, 15) is 19.7 Å². The number of unbranched alkanes of at least 4 members (excludes halogenated alkanes) is 1. The number of halogens is 1. The van der Waals surface area contributed by atoms with Gasteiger partial charge in [-0.2, -0.15) is 9.78 Å². The largest absolute Gasteiger partial charge is 0.493 e. The summed E-state index contributed by atoms with van der Waals surface area (Å²) in [4.78, 5) is 41.6. The fourth-order valence-corrected chi connectivity index (χ4v) is 4.27. The summed E-state index contributed by atoms with van der Waals surface area (Å²) >= 11 is 3.38. The molecule has 0 bridgehead atoms. The molecule has 1 aromatic heterocycles. The van der Waals surface area contributed by atoms with Crippen molar-refractivity contribution < 1.29 is 19.2 Å². The molecule has 12 heteroatoms. The fourth-order valence-electron chi connectivity index (χ4n) is 3.91. The number of nitro groups is 1. The van der Waals surface area contributed by atoms with Crippen molar-refractivity contribution in [2.24, 2.45) is 5.10 Å². The maximum absolute atomic E-state index is 13.3. The number of anilines is 1. The molecule has 0 radical (unpaired) electrons. The number of rotatable bonds is 11. The van der Waals surface area contributed by atoms with Gasteiger partial charge >= 0.3 is 5.69 Å². The highest BCUT2D eigenvalue weighted by Crippen LogP contribution is 2.38. The smallest absolute Gasteiger partial charge is 0.315 e. The monoisotopic (exact) mass is 607 g/mol. The molecule has 0 saturated carbocycles.